The molecule has 42 heavy (non-hydrogen) atoms. The number of imidazole rings is 1. The van der Waals surface area contributed by atoms with Gasteiger partial charge in [0.15, 0.2) is 17.7 Å². The highest BCUT2D eigenvalue weighted by Crippen LogP contribution is 2.39. The number of aromatic amines is 1. The van der Waals surface area contributed by atoms with E-state index in [2.05, 4.69) is 20.2 Å². The molecule has 4 aromatic rings. The molecule has 1 aliphatic heterocycles. The zero-order valence-corrected chi connectivity index (χ0v) is 22.4. The number of ether oxygens (including phenoxy) is 2. The van der Waals surface area contributed by atoms with Crippen LogP contribution in [-0.4, -0.2) is 44.8 Å². The Hall–Kier alpha value is -4.81. The monoisotopic (exact) mass is 585 g/mol. The Labute approximate surface area is 236 Å². The van der Waals surface area contributed by atoms with Crippen LogP contribution >= 0.6 is 0 Å². The van der Waals surface area contributed by atoms with E-state index < -0.39 is 35.4 Å². The number of esters is 1. The Morgan fingerprint density at radius 2 is 1.90 bits per heavy atom. The molecule has 0 fully saturated rings. The van der Waals surface area contributed by atoms with Crippen molar-refractivity contribution in [2.24, 2.45) is 0 Å². The number of hydrogen-bond acceptors (Lipinski definition) is 7. The molecule has 5 rings (SSSR count). The van der Waals surface area contributed by atoms with E-state index >= 15 is 0 Å². The summed E-state index contributed by atoms with van der Waals surface area (Å²) < 4.78 is 80.1. The number of aromatic nitrogens is 4. The van der Waals surface area contributed by atoms with Crippen LogP contribution in [0.1, 0.15) is 42.0 Å². The van der Waals surface area contributed by atoms with Crippen LogP contribution in [0.2, 0.25) is 0 Å². The van der Waals surface area contributed by atoms with Crippen LogP contribution in [0.25, 0.3) is 28.7 Å². The van der Waals surface area contributed by atoms with Crippen LogP contribution < -0.4 is 4.74 Å². The van der Waals surface area contributed by atoms with Gasteiger partial charge < -0.3 is 19.4 Å². The lowest BCUT2D eigenvalue weighted by Gasteiger charge is -2.29. The minimum absolute atomic E-state index is 0.0523. The van der Waals surface area contributed by atoms with E-state index in [-0.39, 0.29) is 47.2 Å². The van der Waals surface area contributed by atoms with E-state index in [1.54, 1.807) is 17.2 Å². The third kappa shape index (κ3) is 5.67. The molecular weight excluding hydrogens is 561 g/mol. The number of hydrogen-bond donors (Lipinski definition) is 1. The SMILES string of the molecule is CCCOc1ccc(-c2ccc(C(C(=O)OC)N3C=Cc4nc(-c5cccc(F)c5F)[nH]c4C3)nn2)c(C(F)(F)F)c1. The first-order chi connectivity index (χ1) is 20.1. The molecule has 1 aliphatic rings. The molecule has 8 nitrogen and oxygen atoms in total. The number of H-pyrrole nitrogens is 1. The zero-order chi connectivity index (χ0) is 30.0. The van der Waals surface area contributed by atoms with Crippen molar-refractivity contribution in [1.82, 2.24) is 25.1 Å². The van der Waals surface area contributed by atoms with E-state index in [9.17, 15) is 26.7 Å². The molecule has 0 spiro atoms. The number of carbonyl (C=O) groups excluding carboxylic acids is 1. The molecule has 0 amide bonds. The van der Waals surface area contributed by atoms with Gasteiger partial charge in [-0.2, -0.15) is 23.4 Å². The number of halogens is 5. The second-order valence-electron chi connectivity index (χ2n) is 9.36. The summed E-state index contributed by atoms with van der Waals surface area (Å²) in [6.07, 6.45) is -0.907. The molecule has 0 bridgehead atoms. The van der Waals surface area contributed by atoms with Crippen LogP contribution in [0.5, 0.6) is 5.75 Å². The average molecular weight is 586 g/mol. The summed E-state index contributed by atoms with van der Waals surface area (Å²) in [5, 5.41) is 8.09. The normalized spacial score (nSPS) is 13.5. The molecule has 2 aromatic carbocycles. The molecule has 218 valence electrons. The van der Waals surface area contributed by atoms with Crippen molar-refractivity contribution in [2.45, 2.75) is 32.1 Å². The van der Waals surface area contributed by atoms with Gasteiger partial charge >= 0.3 is 12.1 Å². The van der Waals surface area contributed by atoms with E-state index in [4.69, 9.17) is 9.47 Å². The van der Waals surface area contributed by atoms with Crippen molar-refractivity contribution in [1.29, 1.82) is 0 Å². The second kappa shape index (κ2) is 11.6. The van der Waals surface area contributed by atoms with Crippen molar-refractivity contribution >= 4 is 12.0 Å². The van der Waals surface area contributed by atoms with E-state index in [1.165, 1.54) is 43.5 Å². The van der Waals surface area contributed by atoms with Crippen LogP contribution in [0.4, 0.5) is 22.0 Å². The molecule has 1 unspecified atom stereocenters. The summed E-state index contributed by atoms with van der Waals surface area (Å²) in [4.78, 5) is 21.7. The van der Waals surface area contributed by atoms with E-state index in [1.807, 2.05) is 6.92 Å². The maximum absolute atomic E-state index is 14.3. The lowest BCUT2D eigenvalue weighted by molar-refractivity contribution is -0.146. The van der Waals surface area contributed by atoms with Crippen molar-refractivity contribution in [3.8, 4) is 28.4 Å². The van der Waals surface area contributed by atoms with Gasteiger partial charge in [-0.15, -0.1) is 0 Å². The largest absolute Gasteiger partial charge is 0.494 e. The van der Waals surface area contributed by atoms with E-state index in [0.717, 1.165) is 12.1 Å². The molecular formula is C29H24F5N5O3. The quantitative estimate of drug-likeness (QED) is 0.191. The Morgan fingerprint density at radius 1 is 1.10 bits per heavy atom. The highest BCUT2D eigenvalue weighted by Gasteiger charge is 2.36. The van der Waals surface area contributed by atoms with Gasteiger partial charge in [0, 0.05) is 11.8 Å². The maximum Gasteiger partial charge on any atom is 0.417 e. The van der Waals surface area contributed by atoms with Gasteiger partial charge in [0.2, 0.25) is 0 Å². The highest BCUT2D eigenvalue weighted by molar-refractivity contribution is 5.78. The fourth-order valence-electron chi connectivity index (χ4n) is 4.54. The van der Waals surface area contributed by atoms with Crippen LogP contribution in [0.15, 0.2) is 54.7 Å². The lowest BCUT2D eigenvalue weighted by Crippen LogP contribution is -2.33. The summed E-state index contributed by atoms with van der Waals surface area (Å²) in [5.74, 6) is -2.58. The fraction of sp³-hybridized carbons (Fsp3) is 0.241. The highest BCUT2D eigenvalue weighted by atomic mass is 19.4. The van der Waals surface area contributed by atoms with Crippen LogP contribution in [0.3, 0.4) is 0 Å². The summed E-state index contributed by atoms with van der Waals surface area (Å²) >= 11 is 0. The van der Waals surface area contributed by atoms with Crippen LogP contribution in [0, 0.1) is 11.6 Å². The van der Waals surface area contributed by atoms with E-state index in [0.29, 0.717) is 17.8 Å². The number of fused-ring (bicyclic) bond motifs is 1. The van der Waals surface area contributed by atoms with Crippen molar-refractivity contribution in [3.05, 3.63) is 89.0 Å². The minimum atomic E-state index is -4.68. The number of nitrogens with one attached hydrogen (secondary N) is 1. The Bertz CT molecular complexity index is 1640. The molecule has 13 heteroatoms. The molecule has 3 heterocycles. The van der Waals surface area contributed by atoms with Crippen molar-refractivity contribution in [3.63, 3.8) is 0 Å². The van der Waals surface area contributed by atoms with Gasteiger partial charge in [-0.05, 0) is 55.0 Å². The topological polar surface area (TPSA) is 93.2 Å². The number of benzene rings is 2. The number of methoxy groups -OCH3 is 1. The minimum Gasteiger partial charge on any atom is -0.494 e. The van der Waals surface area contributed by atoms with Gasteiger partial charge in [-0.3, -0.25) is 0 Å². The van der Waals surface area contributed by atoms with Crippen LogP contribution in [-0.2, 0) is 22.3 Å². The molecule has 1 N–H and O–H groups in total. The summed E-state index contributed by atoms with van der Waals surface area (Å²) in [7, 11) is 1.19. The van der Waals surface area contributed by atoms with Gasteiger partial charge in [0.25, 0.3) is 0 Å². The first-order valence-electron chi connectivity index (χ1n) is 12.8. The van der Waals surface area contributed by atoms with Crippen molar-refractivity contribution in [2.75, 3.05) is 13.7 Å². The Kier molecular flexibility index (Phi) is 7.92. The molecule has 2 aromatic heterocycles. The molecule has 0 aliphatic carbocycles. The van der Waals surface area contributed by atoms with Gasteiger partial charge in [-0.25, -0.2) is 18.6 Å². The first-order valence-corrected chi connectivity index (χ1v) is 12.8. The summed E-state index contributed by atoms with van der Waals surface area (Å²) in [6.45, 7) is 2.20. The summed E-state index contributed by atoms with van der Waals surface area (Å²) in [5.41, 5.74) is -0.153. The average Bonchev–Trinajstić information content (AvgIpc) is 3.40. The third-order valence-electron chi connectivity index (χ3n) is 6.55. The smallest absolute Gasteiger partial charge is 0.417 e. The fourth-order valence-corrected chi connectivity index (χ4v) is 4.54. The third-order valence-corrected chi connectivity index (χ3v) is 6.55. The lowest BCUT2D eigenvalue weighted by atomic mass is 10.0. The predicted molar refractivity (Wildman–Crippen MR) is 142 cm³/mol. The number of carbonyl (C=O) groups is 1. The Balaban J connectivity index is 1.43. The standard InChI is InChI=1S/C29H24F5N5O3/c1-3-13-42-16-7-8-17(19(14-16)29(32,33)34)21-9-10-23(38-37-21)26(28(40)41-2)39-12-11-22-24(15-39)36-27(35-22)18-5-4-6-20(30)25(18)31/h4-12,14,26H,3,13,15H2,1-2H3,(H,35,36). The number of rotatable bonds is 8. The predicted octanol–water partition coefficient (Wildman–Crippen LogP) is 6.32. The second-order valence-corrected chi connectivity index (χ2v) is 9.36. The van der Waals surface area contributed by atoms with Gasteiger partial charge in [0.1, 0.15) is 11.6 Å². The van der Waals surface area contributed by atoms with Gasteiger partial charge in [0.05, 0.1) is 54.2 Å². The summed E-state index contributed by atoms with van der Waals surface area (Å²) in [6, 6.07) is 8.97. The first kappa shape index (κ1) is 28.7. The maximum atomic E-state index is 14.3. The number of nitrogens with zero attached hydrogens (tertiary/aromatic N) is 4. The molecule has 0 saturated carbocycles. The molecule has 0 radical (unpaired) electrons. The van der Waals surface area contributed by atoms with Crippen molar-refractivity contribution < 1.29 is 36.2 Å². The molecule has 0 saturated heterocycles. The molecule has 1 atom stereocenters. The Morgan fingerprint density at radius 3 is 2.60 bits per heavy atom. The number of alkyl halides is 3. The zero-order valence-electron chi connectivity index (χ0n) is 22.4. The van der Waals surface area contributed by atoms with Gasteiger partial charge in [-0.1, -0.05) is 13.0 Å².